The number of hydrogen-bond acceptors (Lipinski definition) is 5. The number of oxazole rings is 1. The molecule has 1 atom stereocenters. The molecule has 4 rings (SSSR count). The molecule has 0 bridgehead atoms. The Morgan fingerprint density at radius 2 is 1.90 bits per heavy atom. The Hall–Kier alpha value is -3.45. The maximum absolute atomic E-state index is 12.5. The Morgan fingerprint density at radius 1 is 1.10 bits per heavy atom. The summed E-state index contributed by atoms with van der Waals surface area (Å²) in [7, 11) is 0. The average Bonchev–Trinajstić information content (AvgIpc) is 3.41. The van der Waals surface area contributed by atoms with E-state index in [9.17, 15) is 4.79 Å². The summed E-state index contributed by atoms with van der Waals surface area (Å²) in [4.78, 5) is 17.1. The number of ether oxygens (including phenoxy) is 1. The third kappa shape index (κ3) is 4.83. The van der Waals surface area contributed by atoms with E-state index in [1.54, 1.807) is 12.6 Å². The summed E-state index contributed by atoms with van der Waals surface area (Å²) in [5.41, 5.74) is 5.35. The van der Waals surface area contributed by atoms with Gasteiger partial charge in [-0.1, -0.05) is 43.7 Å². The molecule has 7 heteroatoms. The Balaban J connectivity index is 1.41. The second-order valence-electron chi connectivity index (χ2n) is 7.65. The lowest BCUT2D eigenvalue weighted by atomic mass is 10.1. The van der Waals surface area contributed by atoms with Gasteiger partial charge in [0.2, 0.25) is 12.2 Å². The van der Waals surface area contributed by atoms with Crippen LogP contribution in [0.5, 0.6) is 5.75 Å². The minimum Gasteiger partial charge on any atom is -0.493 e. The summed E-state index contributed by atoms with van der Waals surface area (Å²) in [5.74, 6) is 1.38. The number of unbranched alkanes of at least 4 members (excludes halogenated alkanes) is 1. The molecule has 1 N–H and O–H groups in total. The summed E-state index contributed by atoms with van der Waals surface area (Å²) >= 11 is 0. The molecule has 7 nitrogen and oxygen atoms in total. The number of carbonyl (C=O) groups excluding carboxylic acids is 1. The predicted octanol–water partition coefficient (Wildman–Crippen LogP) is 4.75. The highest BCUT2D eigenvalue weighted by molar-refractivity contribution is 5.79. The van der Waals surface area contributed by atoms with Crippen LogP contribution in [-0.4, -0.2) is 35.0 Å². The monoisotopic (exact) mass is 419 g/mol. The van der Waals surface area contributed by atoms with Gasteiger partial charge in [0, 0.05) is 17.5 Å². The Morgan fingerprint density at radius 3 is 2.68 bits per heavy atom. The fourth-order valence-electron chi connectivity index (χ4n) is 3.62. The number of nitrogens with zero attached hydrogens (tertiary/aromatic N) is 3. The van der Waals surface area contributed by atoms with Crippen molar-refractivity contribution in [3.63, 3.8) is 0 Å². The lowest BCUT2D eigenvalue weighted by Crippen LogP contribution is -2.50. The lowest BCUT2D eigenvalue weighted by Gasteiger charge is -2.27. The molecule has 0 spiro atoms. The van der Waals surface area contributed by atoms with Gasteiger partial charge in [0.25, 0.3) is 0 Å². The predicted molar refractivity (Wildman–Crippen MR) is 118 cm³/mol. The molecule has 0 radical (unpaired) electrons. The van der Waals surface area contributed by atoms with Crippen molar-refractivity contribution in [2.24, 2.45) is 5.10 Å². The van der Waals surface area contributed by atoms with Crippen LogP contribution in [0.15, 0.2) is 70.4 Å². The number of carbonyl (C=O) groups is 1. The van der Waals surface area contributed by atoms with Gasteiger partial charge in [0.1, 0.15) is 18.6 Å². The van der Waals surface area contributed by atoms with Crippen molar-refractivity contribution in [2.45, 2.75) is 32.7 Å². The van der Waals surface area contributed by atoms with Gasteiger partial charge in [0.05, 0.1) is 18.8 Å². The van der Waals surface area contributed by atoms with Crippen LogP contribution in [-0.2, 0) is 13.0 Å². The van der Waals surface area contributed by atoms with E-state index in [1.165, 1.54) is 0 Å². The maximum atomic E-state index is 12.5. The van der Waals surface area contributed by atoms with Crippen molar-refractivity contribution >= 4 is 12.4 Å². The van der Waals surface area contributed by atoms with E-state index < -0.39 is 0 Å². The van der Waals surface area contributed by atoms with Crippen LogP contribution in [0.25, 0.3) is 11.5 Å². The second-order valence-corrected chi connectivity index (χ2v) is 7.65. The first-order chi connectivity index (χ1) is 15.2. The highest BCUT2D eigenvalue weighted by Crippen LogP contribution is 2.25. The summed E-state index contributed by atoms with van der Waals surface area (Å²) < 4.78 is 11.8. The van der Waals surface area contributed by atoms with Crippen molar-refractivity contribution < 1.29 is 18.4 Å². The average molecular weight is 420 g/mol. The van der Waals surface area contributed by atoms with E-state index in [-0.39, 0.29) is 10.5 Å². The van der Waals surface area contributed by atoms with E-state index in [4.69, 9.17) is 9.15 Å². The largest absolute Gasteiger partial charge is 0.493 e. The fourth-order valence-corrected chi connectivity index (χ4v) is 3.62. The van der Waals surface area contributed by atoms with Gasteiger partial charge in [-0.2, -0.15) is 9.91 Å². The molecule has 1 unspecified atom stereocenters. The number of quaternary nitrogens is 1. The lowest BCUT2D eigenvalue weighted by molar-refractivity contribution is -0.762. The first-order valence-corrected chi connectivity index (χ1v) is 10.6. The highest BCUT2D eigenvalue weighted by Gasteiger charge is 2.40. The van der Waals surface area contributed by atoms with E-state index in [0.29, 0.717) is 32.0 Å². The zero-order valence-corrected chi connectivity index (χ0v) is 17.7. The molecular weight excluding hydrogens is 392 g/mol. The van der Waals surface area contributed by atoms with Gasteiger partial charge in [-0.15, -0.1) is 5.10 Å². The minimum absolute atomic E-state index is 0.0979. The van der Waals surface area contributed by atoms with Gasteiger partial charge in [-0.3, -0.25) is 0 Å². The summed E-state index contributed by atoms with van der Waals surface area (Å²) in [6.45, 7) is 3.80. The summed E-state index contributed by atoms with van der Waals surface area (Å²) in [5, 5.41) is 4.01. The Labute approximate surface area is 181 Å². The van der Waals surface area contributed by atoms with Crippen LogP contribution < -0.4 is 10.2 Å². The van der Waals surface area contributed by atoms with Crippen molar-refractivity contribution in [3.8, 4) is 17.2 Å². The van der Waals surface area contributed by atoms with Crippen molar-refractivity contribution in [2.75, 3.05) is 13.2 Å². The molecule has 2 aromatic carbocycles. The van der Waals surface area contributed by atoms with E-state index in [2.05, 4.69) is 22.4 Å². The number of urea groups is 1. The molecular formula is C24H27N4O3+. The first-order valence-electron chi connectivity index (χ1n) is 10.6. The molecule has 1 aromatic heterocycles. The van der Waals surface area contributed by atoms with Gasteiger partial charge < -0.3 is 9.15 Å². The molecule has 0 fully saturated rings. The molecule has 3 aromatic rings. The number of rotatable bonds is 10. The smallest absolute Gasteiger partial charge is 0.443 e. The molecule has 0 saturated carbocycles. The normalized spacial score (nSPS) is 17.6. The first kappa shape index (κ1) is 20.8. The van der Waals surface area contributed by atoms with E-state index >= 15 is 0 Å². The topological polar surface area (TPSA) is 76.7 Å². The van der Waals surface area contributed by atoms with Crippen molar-refractivity contribution in [3.05, 3.63) is 72.1 Å². The maximum Gasteiger partial charge on any atom is 0.443 e. The molecule has 2 heterocycles. The summed E-state index contributed by atoms with van der Waals surface area (Å²) in [6, 6.07) is 17.6. The van der Waals surface area contributed by atoms with Gasteiger partial charge >= 0.3 is 6.03 Å². The van der Waals surface area contributed by atoms with Crippen molar-refractivity contribution in [1.29, 1.82) is 0 Å². The second kappa shape index (κ2) is 9.57. The standard InChI is InChI=1S/C24H26N4O3/c1-2-3-14-28(18-25-27-24(28)29)16-20-11-7-8-12-22(20)30-15-13-21-17-31-23(26-21)19-9-5-4-6-10-19/h4-12,17-18H,2-3,13-16H2,1H3/p+1. The molecule has 0 saturated heterocycles. The molecule has 1 aliphatic heterocycles. The molecule has 1 aliphatic rings. The van der Waals surface area contributed by atoms with Crippen LogP contribution in [0.1, 0.15) is 31.0 Å². The molecule has 160 valence electrons. The number of amides is 2. The molecule has 31 heavy (non-hydrogen) atoms. The van der Waals surface area contributed by atoms with Crippen LogP contribution in [0.4, 0.5) is 4.79 Å². The number of hydrazone groups is 1. The van der Waals surface area contributed by atoms with Crippen molar-refractivity contribution in [1.82, 2.24) is 10.4 Å². The highest BCUT2D eigenvalue weighted by atomic mass is 16.5. The van der Waals surface area contributed by atoms with Gasteiger partial charge in [0.15, 0.2) is 0 Å². The fraction of sp³-hybridized carbons (Fsp3) is 0.292. The summed E-state index contributed by atoms with van der Waals surface area (Å²) in [6.07, 6.45) is 5.96. The van der Waals surface area contributed by atoms with E-state index in [0.717, 1.165) is 35.4 Å². The molecule has 0 aliphatic carbocycles. The zero-order chi connectivity index (χ0) is 21.5. The minimum atomic E-state index is -0.0979. The third-order valence-electron chi connectivity index (χ3n) is 5.37. The van der Waals surface area contributed by atoms with Crippen LogP contribution in [0.3, 0.4) is 0 Å². The Bertz CT molecular complexity index is 1050. The number of benzene rings is 2. The molecule has 2 amide bonds. The zero-order valence-electron chi connectivity index (χ0n) is 17.7. The van der Waals surface area contributed by atoms with Crippen LogP contribution in [0.2, 0.25) is 0 Å². The Kier molecular flexibility index (Phi) is 6.43. The number of aromatic nitrogens is 1. The SMILES string of the molecule is CCCC[N+]1(Cc2ccccc2OCCc2coc(-c3ccccc3)n2)C=NNC1=O. The van der Waals surface area contributed by atoms with E-state index in [1.807, 2.05) is 54.6 Å². The third-order valence-corrected chi connectivity index (χ3v) is 5.37. The van der Waals surface area contributed by atoms with Crippen LogP contribution >= 0.6 is 0 Å². The number of hydrogen-bond donors (Lipinski definition) is 1. The quantitative estimate of drug-likeness (QED) is 0.481. The van der Waals surface area contributed by atoms with Crippen LogP contribution in [0, 0.1) is 0 Å². The number of para-hydroxylation sites is 1. The number of nitrogens with one attached hydrogen (secondary N) is 1. The van der Waals surface area contributed by atoms with Gasteiger partial charge in [-0.05, 0) is 30.7 Å². The van der Waals surface area contributed by atoms with Gasteiger partial charge in [-0.25, -0.2) is 9.78 Å².